The van der Waals surface area contributed by atoms with Crippen LogP contribution in [0, 0.1) is 11.8 Å². The molecule has 1 aromatic heterocycles. The molecule has 118 valence electrons. The third-order valence-corrected chi connectivity index (χ3v) is 4.25. The highest BCUT2D eigenvalue weighted by atomic mass is 15.3. The number of anilines is 1. The Hall–Kier alpha value is -1.16. The Morgan fingerprint density at radius 2 is 2.10 bits per heavy atom. The van der Waals surface area contributed by atoms with Crippen LogP contribution in [0.2, 0.25) is 0 Å². The first kappa shape index (κ1) is 16.2. The lowest BCUT2D eigenvalue weighted by Crippen LogP contribution is -2.39. The lowest BCUT2D eigenvalue weighted by molar-refractivity contribution is 0.419. The maximum atomic E-state index is 5.84. The molecule has 1 aliphatic rings. The van der Waals surface area contributed by atoms with Gasteiger partial charge in [0.2, 0.25) is 5.95 Å². The second-order valence-electron chi connectivity index (χ2n) is 7.01. The van der Waals surface area contributed by atoms with Gasteiger partial charge in [-0.15, -0.1) is 0 Å². The van der Waals surface area contributed by atoms with E-state index in [0.29, 0.717) is 17.8 Å². The van der Waals surface area contributed by atoms with Crippen molar-refractivity contribution in [1.82, 2.24) is 9.97 Å². The van der Waals surface area contributed by atoms with E-state index in [2.05, 4.69) is 37.6 Å². The molecule has 1 atom stereocenters. The number of rotatable bonds is 5. The molecule has 1 aliphatic heterocycles. The van der Waals surface area contributed by atoms with Crippen molar-refractivity contribution in [3.05, 3.63) is 17.5 Å². The fourth-order valence-electron chi connectivity index (χ4n) is 3.04. The van der Waals surface area contributed by atoms with Crippen molar-refractivity contribution in [3.8, 4) is 0 Å². The van der Waals surface area contributed by atoms with E-state index in [-0.39, 0.29) is 0 Å². The normalized spacial score (nSPS) is 19.6. The maximum absolute atomic E-state index is 5.84. The number of aromatic nitrogens is 2. The molecule has 1 fully saturated rings. The van der Waals surface area contributed by atoms with Crippen LogP contribution in [0.4, 0.5) is 5.95 Å². The number of nitrogens with two attached hydrogens (primary N) is 1. The van der Waals surface area contributed by atoms with Crippen LogP contribution in [0.25, 0.3) is 0 Å². The molecule has 0 aliphatic carbocycles. The van der Waals surface area contributed by atoms with Gasteiger partial charge in [-0.1, -0.05) is 27.7 Å². The number of hydrogen-bond acceptors (Lipinski definition) is 4. The molecule has 2 rings (SSSR count). The molecule has 0 radical (unpaired) electrons. The molecule has 0 spiro atoms. The zero-order valence-electron chi connectivity index (χ0n) is 14.0. The van der Waals surface area contributed by atoms with Gasteiger partial charge in [-0.2, -0.15) is 0 Å². The van der Waals surface area contributed by atoms with Crippen molar-refractivity contribution in [1.29, 1.82) is 0 Å². The first-order valence-electron chi connectivity index (χ1n) is 8.32. The molecule has 1 saturated heterocycles. The zero-order valence-corrected chi connectivity index (χ0v) is 14.0. The van der Waals surface area contributed by atoms with Crippen LogP contribution >= 0.6 is 0 Å². The van der Waals surface area contributed by atoms with Gasteiger partial charge in [0.1, 0.15) is 0 Å². The fraction of sp³-hybridized carbons (Fsp3) is 0.765. The van der Waals surface area contributed by atoms with Crippen LogP contribution in [0.15, 0.2) is 6.20 Å². The van der Waals surface area contributed by atoms with E-state index in [1.165, 1.54) is 24.1 Å². The van der Waals surface area contributed by atoms with Crippen molar-refractivity contribution in [2.45, 2.75) is 52.9 Å². The Balaban J connectivity index is 2.24. The highest BCUT2D eigenvalue weighted by Crippen LogP contribution is 2.24. The monoisotopic (exact) mass is 290 g/mol. The molecular formula is C17H30N4. The molecule has 21 heavy (non-hydrogen) atoms. The summed E-state index contributed by atoms with van der Waals surface area (Å²) in [5.41, 5.74) is 8.35. The van der Waals surface area contributed by atoms with E-state index in [9.17, 15) is 0 Å². The highest BCUT2D eigenvalue weighted by Gasteiger charge is 2.22. The molecule has 4 heteroatoms. The van der Waals surface area contributed by atoms with Crippen molar-refractivity contribution in [2.24, 2.45) is 17.6 Å². The summed E-state index contributed by atoms with van der Waals surface area (Å²) < 4.78 is 0. The lowest BCUT2D eigenvalue weighted by Gasteiger charge is -2.32. The standard InChI is InChI=1S/C17H30N4/c1-12(2)8-16-15(13(3)4)10-19-17(20-16)21-7-5-6-14(9-18)11-21/h10,12-14H,5-9,11,18H2,1-4H3. The minimum atomic E-state index is 0.478. The fourth-order valence-corrected chi connectivity index (χ4v) is 3.04. The second-order valence-corrected chi connectivity index (χ2v) is 7.01. The average Bonchev–Trinajstić information content (AvgIpc) is 2.46. The van der Waals surface area contributed by atoms with Crippen LogP contribution in [0.3, 0.4) is 0 Å². The van der Waals surface area contributed by atoms with E-state index in [1.54, 1.807) is 0 Å². The van der Waals surface area contributed by atoms with Gasteiger partial charge in [-0.05, 0) is 49.1 Å². The van der Waals surface area contributed by atoms with Crippen LogP contribution in [0.5, 0.6) is 0 Å². The highest BCUT2D eigenvalue weighted by molar-refractivity contribution is 5.35. The molecule has 0 bridgehead atoms. The zero-order chi connectivity index (χ0) is 15.4. The molecule has 0 saturated carbocycles. The van der Waals surface area contributed by atoms with Gasteiger partial charge in [0.15, 0.2) is 0 Å². The Morgan fingerprint density at radius 3 is 2.71 bits per heavy atom. The van der Waals surface area contributed by atoms with E-state index < -0.39 is 0 Å². The van der Waals surface area contributed by atoms with E-state index in [0.717, 1.165) is 32.0 Å². The Labute approximate surface area is 129 Å². The third kappa shape index (κ3) is 4.16. The summed E-state index contributed by atoms with van der Waals surface area (Å²) >= 11 is 0. The molecule has 1 aromatic rings. The van der Waals surface area contributed by atoms with Gasteiger partial charge >= 0.3 is 0 Å². The van der Waals surface area contributed by atoms with Crippen LogP contribution in [-0.4, -0.2) is 29.6 Å². The first-order chi connectivity index (χ1) is 10.0. The Bertz CT molecular complexity index is 456. The number of nitrogens with zero attached hydrogens (tertiary/aromatic N) is 3. The van der Waals surface area contributed by atoms with Crippen molar-refractivity contribution < 1.29 is 0 Å². The minimum absolute atomic E-state index is 0.478. The summed E-state index contributed by atoms with van der Waals surface area (Å²) in [5.74, 6) is 2.57. The molecule has 0 amide bonds. The molecule has 4 nitrogen and oxygen atoms in total. The second kappa shape index (κ2) is 7.21. The maximum Gasteiger partial charge on any atom is 0.225 e. The SMILES string of the molecule is CC(C)Cc1nc(N2CCCC(CN)C2)ncc1C(C)C. The topological polar surface area (TPSA) is 55.0 Å². The quantitative estimate of drug-likeness (QED) is 0.906. The van der Waals surface area contributed by atoms with Crippen molar-refractivity contribution >= 4 is 5.95 Å². The smallest absolute Gasteiger partial charge is 0.225 e. The minimum Gasteiger partial charge on any atom is -0.340 e. The molecule has 2 heterocycles. The summed E-state index contributed by atoms with van der Waals surface area (Å²) in [4.78, 5) is 11.8. The average molecular weight is 290 g/mol. The lowest BCUT2D eigenvalue weighted by atomic mass is 9.97. The number of hydrogen-bond donors (Lipinski definition) is 1. The Morgan fingerprint density at radius 1 is 1.33 bits per heavy atom. The molecule has 2 N–H and O–H groups in total. The molecule has 0 aromatic carbocycles. The van der Waals surface area contributed by atoms with Crippen LogP contribution in [0.1, 0.15) is 57.7 Å². The summed E-state index contributed by atoms with van der Waals surface area (Å²) in [5, 5.41) is 0. The van der Waals surface area contributed by atoms with E-state index >= 15 is 0 Å². The Kier molecular flexibility index (Phi) is 5.57. The third-order valence-electron chi connectivity index (χ3n) is 4.25. The predicted octanol–water partition coefficient (Wildman–Crippen LogP) is 2.97. The molecular weight excluding hydrogens is 260 g/mol. The van der Waals surface area contributed by atoms with Gasteiger partial charge in [-0.25, -0.2) is 9.97 Å². The predicted molar refractivity (Wildman–Crippen MR) is 88.7 cm³/mol. The van der Waals surface area contributed by atoms with Gasteiger partial charge in [-0.3, -0.25) is 0 Å². The van der Waals surface area contributed by atoms with Crippen molar-refractivity contribution in [3.63, 3.8) is 0 Å². The largest absolute Gasteiger partial charge is 0.340 e. The van der Waals surface area contributed by atoms with Gasteiger partial charge in [0.25, 0.3) is 0 Å². The number of piperidine rings is 1. The van der Waals surface area contributed by atoms with Crippen molar-refractivity contribution in [2.75, 3.05) is 24.5 Å². The van der Waals surface area contributed by atoms with E-state index in [4.69, 9.17) is 10.7 Å². The summed E-state index contributed by atoms with van der Waals surface area (Å²) in [6.45, 7) is 11.7. The van der Waals surface area contributed by atoms with Gasteiger partial charge in [0.05, 0.1) is 0 Å². The molecule has 1 unspecified atom stereocenters. The van der Waals surface area contributed by atoms with Gasteiger partial charge < -0.3 is 10.6 Å². The van der Waals surface area contributed by atoms with Gasteiger partial charge in [0, 0.05) is 25.0 Å². The van der Waals surface area contributed by atoms with E-state index in [1.807, 2.05) is 6.20 Å². The summed E-state index contributed by atoms with van der Waals surface area (Å²) in [6.07, 6.45) is 5.49. The summed E-state index contributed by atoms with van der Waals surface area (Å²) in [7, 11) is 0. The summed E-state index contributed by atoms with van der Waals surface area (Å²) in [6, 6.07) is 0. The van der Waals surface area contributed by atoms with Crippen LogP contribution in [-0.2, 0) is 6.42 Å². The van der Waals surface area contributed by atoms with Crippen LogP contribution < -0.4 is 10.6 Å². The first-order valence-corrected chi connectivity index (χ1v) is 8.32.